The molecule has 0 unspecified atom stereocenters. The van der Waals surface area contributed by atoms with E-state index in [4.69, 9.17) is 16.1 Å². The van der Waals surface area contributed by atoms with Crippen LogP contribution in [0.4, 0.5) is 0 Å². The second-order valence-corrected chi connectivity index (χ2v) is 6.83. The van der Waals surface area contributed by atoms with E-state index in [9.17, 15) is 0 Å². The van der Waals surface area contributed by atoms with Gasteiger partial charge < -0.3 is 9.84 Å². The van der Waals surface area contributed by atoms with E-state index in [0.29, 0.717) is 23.2 Å². The van der Waals surface area contributed by atoms with Crippen LogP contribution in [-0.2, 0) is 6.42 Å². The number of nitrogens with zero attached hydrogens (tertiary/aromatic N) is 2. The Morgan fingerprint density at radius 3 is 2.75 bits per heavy atom. The minimum absolute atomic E-state index is 0.0872. The Bertz CT molecular complexity index is 592. The minimum atomic E-state index is 0.0872. The van der Waals surface area contributed by atoms with Crippen molar-refractivity contribution in [3.63, 3.8) is 0 Å². The van der Waals surface area contributed by atoms with Crippen molar-refractivity contribution in [2.45, 2.75) is 32.7 Å². The van der Waals surface area contributed by atoms with Gasteiger partial charge in [0.1, 0.15) is 0 Å². The molecule has 1 aromatic heterocycles. The molecule has 0 saturated heterocycles. The first-order valence-electron chi connectivity index (χ1n) is 6.38. The lowest BCUT2D eigenvalue weighted by molar-refractivity contribution is 0.362. The molecule has 2 aromatic rings. The van der Waals surface area contributed by atoms with Gasteiger partial charge in [0.05, 0.1) is 5.02 Å². The molecule has 4 nitrogen and oxygen atoms in total. The Hall–Kier alpha value is -0.910. The molecule has 1 N–H and O–H groups in total. The number of hydrogen-bond acceptors (Lipinski definition) is 4. The van der Waals surface area contributed by atoms with Crippen molar-refractivity contribution in [3.8, 4) is 11.4 Å². The smallest absolute Gasteiger partial charge is 0.228 e. The third kappa shape index (κ3) is 4.30. The highest BCUT2D eigenvalue weighted by Gasteiger charge is 2.12. The van der Waals surface area contributed by atoms with E-state index in [1.165, 1.54) is 0 Å². The molecular formula is C14H17BrClN3O. The maximum atomic E-state index is 5.97. The van der Waals surface area contributed by atoms with E-state index in [1.807, 2.05) is 12.1 Å². The zero-order chi connectivity index (χ0) is 14.8. The fourth-order valence-electron chi connectivity index (χ4n) is 1.65. The molecule has 2 rings (SSSR count). The zero-order valence-corrected chi connectivity index (χ0v) is 14.0. The number of benzene rings is 1. The van der Waals surface area contributed by atoms with Gasteiger partial charge in [-0.3, -0.25) is 0 Å². The molecule has 0 aliphatic rings. The van der Waals surface area contributed by atoms with E-state index in [1.54, 1.807) is 6.07 Å². The Morgan fingerprint density at radius 1 is 1.35 bits per heavy atom. The summed E-state index contributed by atoms with van der Waals surface area (Å²) in [6.07, 6.45) is 0.707. The quantitative estimate of drug-likeness (QED) is 0.894. The number of halogens is 2. The fourth-order valence-corrected chi connectivity index (χ4v) is 2.15. The fraction of sp³-hybridized carbons (Fsp3) is 0.429. The van der Waals surface area contributed by atoms with Gasteiger partial charge in [0.2, 0.25) is 11.7 Å². The lowest BCUT2D eigenvalue weighted by atomic mass is 10.1. The van der Waals surface area contributed by atoms with Crippen LogP contribution < -0.4 is 5.32 Å². The SMILES string of the molecule is CC(C)(C)NCCc1nc(-c2ccc(Cl)c(Br)c2)no1. The Morgan fingerprint density at radius 2 is 2.10 bits per heavy atom. The second kappa shape index (κ2) is 6.24. The highest BCUT2D eigenvalue weighted by atomic mass is 79.9. The Kier molecular flexibility index (Phi) is 4.83. The van der Waals surface area contributed by atoms with Gasteiger partial charge in [0.15, 0.2) is 0 Å². The van der Waals surface area contributed by atoms with Gasteiger partial charge in [0.25, 0.3) is 0 Å². The van der Waals surface area contributed by atoms with Crippen LogP contribution in [-0.4, -0.2) is 22.2 Å². The molecule has 1 aromatic carbocycles. The van der Waals surface area contributed by atoms with E-state index in [0.717, 1.165) is 16.6 Å². The minimum Gasteiger partial charge on any atom is -0.339 e. The summed E-state index contributed by atoms with van der Waals surface area (Å²) in [5.74, 6) is 1.20. The van der Waals surface area contributed by atoms with E-state index in [-0.39, 0.29) is 5.54 Å². The summed E-state index contributed by atoms with van der Waals surface area (Å²) in [4.78, 5) is 4.39. The van der Waals surface area contributed by atoms with Gasteiger partial charge in [-0.15, -0.1) is 0 Å². The molecular weight excluding hydrogens is 342 g/mol. The van der Waals surface area contributed by atoms with E-state index < -0.39 is 0 Å². The Balaban J connectivity index is 2.03. The monoisotopic (exact) mass is 357 g/mol. The third-order valence-corrected chi connectivity index (χ3v) is 3.85. The van der Waals surface area contributed by atoms with Crippen molar-refractivity contribution >= 4 is 27.5 Å². The molecule has 0 saturated carbocycles. The predicted molar refractivity (Wildman–Crippen MR) is 83.9 cm³/mol. The lowest BCUT2D eigenvalue weighted by Gasteiger charge is -2.19. The molecule has 0 radical (unpaired) electrons. The van der Waals surface area contributed by atoms with Crippen molar-refractivity contribution in [3.05, 3.63) is 33.6 Å². The van der Waals surface area contributed by atoms with Gasteiger partial charge in [0, 0.05) is 28.5 Å². The van der Waals surface area contributed by atoms with Gasteiger partial charge in [-0.1, -0.05) is 16.8 Å². The van der Waals surface area contributed by atoms with Crippen LogP contribution in [0.15, 0.2) is 27.2 Å². The molecule has 20 heavy (non-hydrogen) atoms. The first-order valence-corrected chi connectivity index (χ1v) is 7.55. The first kappa shape index (κ1) is 15.5. The molecule has 0 spiro atoms. The average molecular weight is 359 g/mol. The van der Waals surface area contributed by atoms with Crippen LogP contribution in [0, 0.1) is 0 Å². The highest BCUT2D eigenvalue weighted by Crippen LogP contribution is 2.27. The molecule has 0 amide bonds. The summed E-state index contributed by atoms with van der Waals surface area (Å²) < 4.78 is 6.07. The highest BCUT2D eigenvalue weighted by molar-refractivity contribution is 9.10. The molecule has 0 fully saturated rings. The predicted octanol–water partition coefficient (Wildman–Crippen LogP) is 4.08. The molecule has 6 heteroatoms. The molecule has 0 aliphatic carbocycles. The van der Waals surface area contributed by atoms with E-state index in [2.05, 4.69) is 52.2 Å². The maximum Gasteiger partial charge on any atom is 0.228 e. The largest absolute Gasteiger partial charge is 0.339 e. The second-order valence-electron chi connectivity index (χ2n) is 5.57. The first-order chi connectivity index (χ1) is 9.35. The molecule has 108 valence electrons. The van der Waals surface area contributed by atoms with Crippen molar-refractivity contribution in [1.82, 2.24) is 15.5 Å². The van der Waals surface area contributed by atoms with Crippen molar-refractivity contribution in [2.75, 3.05) is 6.54 Å². The zero-order valence-electron chi connectivity index (χ0n) is 11.7. The van der Waals surface area contributed by atoms with Crippen LogP contribution in [0.5, 0.6) is 0 Å². The lowest BCUT2D eigenvalue weighted by Crippen LogP contribution is -2.37. The van der Waals surface area contributed by atoms with Crippen LogP contribution in [0.1, 0.15) is 26.7 Å². The summed E-state index contributed by atoms with van der Waals surface area (Å²) in [6.45, 7) is 7.17. The van der Waals surface area contributed by atoms with Gasteiger partial charge in [-0.05, 0) is 54.9 Å². The molecule has 1 heterocycles. The summed E-state index contributed by atoms with van der Waals surface area (Å²) in [7, 11) is 0. The summed E-state index contributed by atoms with van der Waals surface area (Å²) in [6, 6.07) is 5.55. The van der Waals surface area contributed by atoms with Gasteiger partial charge >= 0.3 is 0 Å². The van der Waals surface area contributed by atoms with E-state index >= 15 is 0 Å². The van der Waals surface area contributed by atoms with Crippen molar-refractivity contribution in [1.29, 1.82) is 0 Å². The Labute approximate surface area is 132 Å². The molecule has 0 atom stereocenters. The topological polar surface area (TPSA) is 51.0 Å². The van der Waals surface area contributed by atoms with Gasteiger partial charge in [-0.2, -0.15) is 4.98 Å². The van der Waals surface area contributed by atoms with Crippen LogP contribution in [0.3, 0.4) is 0 Å². The van der Waals surface area contributed by atoms with Crippen LogP contribution in [0.2, 0.25) is 5.02 Å². The third-order valence-electron chi connectivity index (χ3n) is 2.64. The average Bonchev–Trinajstić information content (AvgIpc) is 2.80. The summed E-state index contributed by atoms with van der Waals surface area (Å²) in [5, 5.41) is 8.04. The van der Waals surface area contributed by atoms with Crippen LogP contribution in [0.25, 0.3) is 11.4 Å². The molecule has 0 aliphatic heterocycles. The molecule has 0 bridgehead atoms. The number of nitrogens with one attached hydrogen (secondary N) is 1. The maximum absolute atomic E-state index is 5.97. The van der Waals surface area contributed by atoms with Crippen molar-refractivity contribution in [2.24, 2.45) is 0 Å². The normalized spacial score (nSPS) is 11.8. The summed E-state index contributed by atoms with van der Waals surface area (Å²) in [5.41, 5.74) is 0.962. The number of aromatic nitrogens is 2. The number of rotatable bonds is 4. The number of hydrogen-bond donors (Lipinski definition) is 1. The van der Waals surface area contributed by atoms with Crippen LogP contribution >= 0.6 is 27.5 Å². The standard InChI is InChI=1S/C14H17BrClN3O/c1-14(2,3)17-7-6-12-18-13(19-20-12)9-4-5-11(16)10(15)8-9/h4-5,8,17H,6-7H2,1-3H3. The van der Waals surface area contributed by atoms with Gasteiger partial charge in [-0.25, -0.2) is 0 Å². The van der Waals surface area contributed by atoms with Crippen molar-refractivity contribution < 1.29 is 4.52 Å². The summed E-state index contributed by atoms with van der Waals surface area (Å²) >= 11 is 9.35.